The molecule has 2 heterocycles. The summed E-state index contributed by atoms with van der Waals surface area (Å²) in [5.74, 6) is 0.953. The van der Waals surface area contributed by atoms with E-state index in [1.165, 1.54) is 6.08 Å². The standard InChI is InChI=1S/C22H23NO6S/c24-22(29-18-8-11-20-21(15-18)28-16-27-20)12-7-17-5-9-19(10-6-17)30(25,26)23-13-3-1-2-4-14-23/h5-12,15H,1-4,13-14,16H2/b12-7-. The first kappa shape index (κ1) is 20.4. The normalized spacial score (nSPS) is 17.1. The van der Waals surface area contributed by atoms with Gasteiger partial charge in [0.2, 0.25) is 16.8 Å². The van der Waals surface area contributed by atoms with Crippen molar-refractivity contribution in [3.05, 3.63) is 54.1 Å². The number of rotatable bonds is 5. The molecule has 2 aromatic rings. The van der Waals surface area contributed by atoms with E-state index in [2.05, 4.69) is 0 Å². The molecule has 2 aromatic carbocycles. The van der Waals surface area contributed by atoms with E-state index in [-0.39, 0.29) is 11.7 Å². The molecular formula is C22H23NO6S. The third-order valence-electron chi connectivity index (χ3n) is 5.06. The van der Waals surface area contributed by atoms with Gasteiger partial charge in [0, 0.05) is 25.2 Å². The lowest BCUT2D eigenvalue weighted by molar-refractivity contribution is -0.128. The second-order valence-electron chi connectivity index (χ2n) is 7.16. The first-order valence-electron chi connectivity index (χ1n) is 9.92. The minimum atomic E-state index is -3.48. The van der Waals surface area contributed by atoms with E-state index in [1.54, 1.807) is 52.8 Å². The van der Waals surface area contributed by atoms with Gasteiger partial charge in [-0.2, -0.15) is 4.31 Å². The summed E-state index contributed by atoms with van der Waals surface area (Å²) >= 11 is 0. The van der Waals surface area contributed by atoms with Gasteiger partial charge in [0.25, 0.3) is 0 Å². The lowest BCUT2D eigenvalue weighted by atomic mass is 10.2. The molecule has 4 rings (SSSR count). The van der Waals surface area contributed by atoms with Gasteiger partial charge in [-0.05, 0) is 48.7 Å². The number of fused-ring (bicyclic) bond motifs is 1. The van der Waals surface area contributed by atoms with Crippen molar-refractivity contribution in [1.82, 2.24) is 4.31 Å². The monoisotopic (exact) mass is 429 g/mol. The summed E-state index contributed by atoms with van der Waals surface area (Å²) in [5, 5.41) is 0. The minimum Gasteiger partial charge on any atom is -0.454 e. The molecule has 2 aliphatic rings. The van der Waals surface area contributed by atoms with Gasteiger partial charge in [0.1, 0.15) is 5.75 Å². The highest BCUT2D eigenvalue weighted by molar-refractivity contribution is 7.89. The fourth-order valence-electron chi connectivity index (χ4n) is 3.44. The third kappa shape index (κ3) is 4.66. The highest BCUT2D eigenvalue weighted by Crippen LogP contribution is 2.35. The van der Waals surface area contributed by atoms with E-state index < -0.39 is 16.0 Å². The third-order valence-corrected chi connectivity index (χ3v) is 6.97. The highest BCUT2D eigenvalue weighted by atomic mass is 32.2. The Morgan fingerprint density at radius 3 is 2.37 bits per heavy atom. The number of hydrogen-bond donors (Lipinski definition) is 0. The molecule has 1 fully saturated rings. The van der Waals surface area contributed by atoms with Crippen molar-refractivity contribution < 1.29 is 27.4 Å². The van der Waals surface area contributed by atoms with Gasteiger partial charge in [-0.1, -0.05) is 25.0 Å². The zero-order valence-electron chi connectivity index (χ0n) is 16.5. The summed E-state index contributed by atoms with van der Waals surface area (Å²) in [6.07, 6.45) is 6.80. The largest absolute Gasteiger partial charge is 0.454 e. The van der Waals surface area contributed by atoms with E-state index in [0.717, 1.165) is 25.7 Å². The van der Waals surface area contributed by atoms with Crippen LogP contribution >= 0.6 is 0 Å². The fourth-order valence-corrected chi connectivity index (χ4v) is 4.95. The van der Waals surface area contributed by atoms with Crippen LogP contribution in [0.1, 0.15) is 31.2 Å². The van der Waals surface area contributed by atoms with Crippen molar-refractivity contribution in [3.63, 3.8) is 0 Å². The minimum absolute atomic E-state index is 0.149. The number of esters is 1. The summed E-state index contributed by atoms with van der Waals surface area (Å²) in [6.45, 7) is 1.28. The number of carbonyl (C=O) groups excluding carboxylic acids is 1. The molecule has 2 aliphatic heterocycles. The SMILES string of the molecule is O=C(/C=C\c1ccc(S(=O)(=O)N2CCCCCC2)cc1)Oc1ccc2c(c1)OCO2. The van der Waals surface area contributed by atoms with Crippen LogP contribution in [0.5, 0.6) is 17.2 Å². The van der Waals surface area contributed by atoms with E-state index >= 15 is 0 Å². The number of hydrogen-bond acceptors (Lipinski definition) is 6. The molecule has 0 atom stereocenters. The lowest BCUT2D eigenvalue weighted by Gasteiger charge is -2.19. The Kier molecular flexibility index (Phi) is 6.06. The predicted molar refractivity (Wildman–Crippen MR) is 111 cm³/mol. The molecule has 0 aliphatic carbocycles. The Bertz CT molecular complexity index is 1040. The number of benzene rings is 2. The van der Waals surface area contributed by atoms with Crippen LogP contribution in [-0.2, 0) is 14.8 Å². The van der Waals surface area contributed by atoms with E-state index in [4.69, 9.17) is 14.2 Å². The smallest absolute Gasteiger partial charge is 0.336 e. The Balaban J connectivity index is 1.39. The van der Waals surface area contributed by atoms with Crippen molar-refractivity contribution in [3.8, 4) is 17.2 Å². The topological polar surface area (TPSA) is 82.1 Å². The second kappa shape index (κ2) is 8.89. The molecule has 0 aromatic heterocycles. The van der Waals surface area contributed by atoms with Gasteiger partial charge >= 0.3 is 5.97 Å². The van der Waals surface area contributed by atoms with Crippen molar-refractivity contribution in [2.45, 2.75) is 30.6 Å². The molecule has 7 nitrogen and oxygen atoms in total. The molecule has 0 radical (unpaired) electrons. The fraction of sp³-hybridized carbons (Fsp3) is 0.318. The molecule has 30 heavy (non-hydrogen) atoms. The Labute approximate surface area is 175 Å². The van der Waals surface area contributed by atoms with Crippen LogP contribution in [-0.4, -0.2) is 38.6 Å². The number of nitrogens with zero attached hydrogens (tertiary/aromatic N) is 1. The second-order valence-corrected chi connectivity index (χ2v) is 9.09. The molecule has 0 spiro atoms. The zero-order chi connectivity index (χ0) is 21.0. The molecule has 0 saturated carbocycles. The van der Waals surface area contributed by atoms with Crippen molar-refractivity contribution in [2.24, 2.45) is 0 Å². The van der Waals surface area contributed by atoms with Gasteiger partial charge < -0.3 is 14.2 Å². The number of sulfonamides is 1. The molecule has 8 heteroatoms. The maximum absolute atomic E-state index is 12.8. The van der Waals surface area contributed by atoms with Gasteiger partial charge in [-0.3, -0.25) is 0 Å². The van der Waals surface area contributed by atoms with Crippen LogP contribution in [0.2, 0.25) is 0 Å². The van der Waals surface area contributed by atoms with E-state index in [9.17, 15) is 13.2 Å². The lowest BCUT2D eigenvalue weighted by Crippen LogP contribution is -2.31. The maximum atomic E-state index is 12.8. The van der Waals surface area contributed by atoms with Crippen molar-refractivity contribution in [2.75, 3.05) is 19.9 Å². The van der Waals surface area contributed by atoms with Crippen LogP contribution in [0.15, 0.2) is 53.4 Å². The summed E-state index contributed by atoms with van der Waals surface area (Å²) in [7, 11) is -3.48. The Morgan fingerprint density at radius 2 is 1.63 bits per heavy atom. The molecule has 0 unspecified atom stereocenters. The molecule has 1 saturated heterocycles. The quantitative estimate of drug-likeness (QED) is 0.410. The summed E-state index contributed by atoms with van der Waals surface area (Å²) in [5.41, 5.74) is 0.701. The van der Waals surface area contributed by atoms with Crippen molar-refractivity contribution >= 4 is 22.1 Å². The van der Waals surface area contributed by atoms with Gasteiger partial charge in [0.15, 0.2) is 11.5 Å². The Morgan fingerprint density at radius 1 is 0.933 bits per heavy atom. The maximum Gasteiger partial charge on any atom is 0.336 e. The van der Waals surface area contributed by atoms with Crippen LogP contribution in [0.25, 0.3) is 6.08 Å². The predicted octanol–water partition coefficient (Wildman–Crippen LogP) is 3.60. The first-order valence-corrected chi connectivity index (χ1v) is 11.4. The van der Waals surface area contributed by atoms with Gasteiger partial charge in [-0.25, -0.2) is 13.2 Å². The van der Waals surface area contributed by atoms with Crippen LogP contribution < -0.4 is 14.2 Å². The summed E-state index contributed by atoms with van der Waals surface area (Å²) in [4.78, 5) is 12.3. The summed E-state index contributed by atoms with van der Waals surface area (Å²) < 4.78 is 42.9. The Hall–Kier alpha value is -2.84. The van der Waals surface area contributed by atoms with Crippen molar-refractivity contribution in [1.29, 1.82) is 0 Å². The molecule has 0 bridgehead atoms. The molecule has 158 valence electrons. The van der Waals surface area contributed by atoms with Crippen LogP contribution in [0.3, 0.4) is 0 Å². The number of carbonyl (C=O) groups is 1. The van der Waals surface area contributed by atoms with E-state index in [0.29, 0.717) is 35.9 Å². The molecule has 0 amide bonds. The van der Waals surface area contributed by atoms with Gasteiger partial charge in [-0.15, -0.1) is 0 Å². The molecular weight excluding hydrogens is 406 g/mol. The van der Waals surface area contributed by atoms with E-state index in [1.807, 2.05) is 0 Å². The number of ether oxygens (including phenoxy) is 3. The average Bonchev–Trinajstić information content (AvgIpc) is 3.03. The first-order chi connectivity index (χ1) is 14.5. The molecule has 0 N–H and O–H groups in total. The zero-order valence-corrected chi connectivity index (χ0v) is 17.3. The van der Waals surface area contributed by atoms with Crippen LogP contribution in [0.4, 0.5) is 0 Å². The average molecular weight is 429 g/mol. The van der Waals surface area contributed by atoms with Gasteiger partial charge in [0.05, 0.1) is 4.90 Å². The summed E-state index contributed by atoms with van der Waals surface area (Å²) in [6, 6.07) is 11.4. The highest BCUT2D eigenvalue weighted by Gasteiger charge is 2.24. The van der Waals surface area contributed by atoms with Crippen LogP contribution in [0, 0.1) is 0 Å².